The number of anilines is 1. The van der Waals surface area contributed by atoms with Crippen molar-refractivity contribution in [3.05, 3.63) is 90.3 Å². The lowest BCUT2D eigenvalue weighted by molar-refractivity contribution is -0.121. The van der Waals surface area contributed by atoms with Gasteiger partial charge in [0.05, 0.1) is 6.61 Å². The molecule has 1 amide bonds. The van der Waals surface area contributed by atoms with Crippen LogP contribution in [0.2, 0.25) is 0 Å². The minimum Gasteiger partial charge on any atom is -0.380 e. The fourth-order valence-electron chi connectivity index (χ4n) is 3.66. The molecule has 1 N–H and O–H groups in total. The second kappa shape index (κ2) is 11.7. The van der Waals surface area contributed by atoms with Crippen molar-refractivity contribution in [3.63, 3.8) is 0 Å². The number of benzene rings is 2. The third-order valence-electron chi connectivity index (χ3n) is 4.99. The standard InChI is InChI=1S/C27H35FN2O2/c1-7-15-30(16-8-2)25(21-11-9-20(10-12-21)19-32-6)26(31)29-23-14-13-22(24(28)17-23)18-27(3,4)5/h7-14,17,25H,1-2,15-16,18-19H2,3-6H3,(H,29,31). The fraction of sp³-hybridized carbons (Fsp3) is 0.370. The number of halogens is 1. The van der Waals surface area contributed by atoms with Gasteiger partial charge in [-0.3, -0.25) is 9.69 Å². The number of rotatable bonds is 11. The molecule has 5 heteroatoms. The summed E-state index contributed by atoms with van der Waals surface area (Å²) in [5.74, 6) is -0.552. The molecule has 0 aromatic heterocycles. The van der Waals surface area contributed by atoms with E-state index in [1.807, 2.05) is 29.2 Å². The smallest absolute Gasteiger partial charge is 0.246 e. The van der Waals surface area contributed by atoms with E-state index in [4.69, 9.17) is 4.74 Å². The van der Waals surface area contributed by atoms with Crippen LogP contribution in [-0.4, -0.2) is 31.0 Å². The first-order chi connectivity index (χ1) is 15.2. The van der Waals surface area contributed by atoms with E-state index in [1.165, 1.54) is 6.07 Å². The van der Waals surface area contributed by atoms with Gasteiger partial charge in [0.25, 0.3) is 0 Å². The van der Waals surface area contributed by atoms with Crippen molar-refractivity contribution in [2.45, 2.75) is 39.8 Å². The van der Waals surface area contributed by atoms with E-state index in [2.05, 4.69) is 39.2 Å². The molecule has 0 radical (unpaired) electrons. The normalized spacial score (nSPS) is 12.4. The summed E-state index contributed by atoms with van der Waals surface area (Å²) < 4.78 is 19.9. The largest absolute Gasteiger partial charge is 0.380 e. The van der Waals surface area contributed by atoms with Gasteiger partial charge in [-0.2, -0.15) is 0 Å². The molecule has 0 saturated heterocycles. The third-order valence-corrected chi connectivity index (χ3v) is 4.99. The van der Waals surface area contributed by atoms with Gasteiger partial charge >= 0.3 is 0 Å². The van der Waals surface area contributed by atoms with E-state index in [-0.39, 0.29) is 17.1 Å². The van der Waals surface area contributed by atoms with Crippen LogP contribution in [0.15, 0.2) is 67.8 Å². The number of hydrogen-bond donors (Lipinski definition) is 1. The van der Waals surface area contributed by atoms with E-state index < -0.39 is 6.04 Å². The van der Waals surface area contributed by atoms with E-state index >= 15 is 0 Å². The summed E-state index contributed by atoms with van der Waals surface area (Å²) in [6.45, 7) is 15.3. The first kappa shape index (κ1) is 25.5. The molecular weight excluding hydrogens is 403 g/mol. The van der Waals surface area contributed by atoms with E-state index in [9.17, 15) is 9.18 Å². The summed E-state index contributed by atoms with van der Waals surface area (Å²) in [5, 5.41) is 2.89. The van der Waals surface area contributed by atoms with Crippen LogP contribution in [0.4, 0.5) is 10.1 Å². The Kier molecular flexibility index (Phi) is 9.36. The van der Waals surface area contributed by atoms with Crippen LogP contribution in [-0.2, 0) is 22.6 Å². The molecule has 0 aliphatic carbocycles. The second-order valence-electron chi connectivity index (χ2n) is 9.14. The Morgan fingerprint density at radius 2 is 1.75 bits per heavy atom. The molecule has 2 aromatic carbocycles. The SMILES string of the molecule is C=CCN(CC=C)C(C(=O)Nc1ccc(CC(C)(C)C)c(F)c1)c1ccc(COC)cc1. The van der Waals surface area contributed by atoms with Crippen LogP contribution in [0.25, 0.3) is 0 Å². The average molecular weight is 439 g/mol. The number of methoxy groups -OCH3 is 1. The number of amides is 1. The highest BCUT2D eigenvalue weighted by Gasteiger charge is 2.27. The molecule has 1 unspecified atom stereocenters. The Morgan fingerprint density at radius 1 is 1.12 bits per heavy atom. The molecule has 0 aliphatic rings. The summed E-state index contributed by atoms with van der Waals surface area (Å²) >= 11 is 0. The summed E-state index contributed by atoms with van der Waals surface area (Å²) in [6.07, 6.45) is 4.13. The monoisotopic (exact) mass is 438 g/mol. The Labute approximate surface area is 191 Å². The third kappa shape index (κ3) is 7.43. The zero-order valence-corrected chi connectivity index (χ0v) is 19.7. The summed E-state index contributed by atoms with van der Waals surface area (Å²) in [4.78, 5) is 15.3. The second-order valence-corrected chi connectivity index (χ2v) is 9.14. The van der Waals surface area contributed by atoms with Gasteiger partial charge in [0, 0.05) is 25.9 Å². The van der Waals surface area contributed by atoms with Gasteiger partial charge in [-0.05, 0) is 40.7 Å². The highest BCUT2D eigenvalue weighted by atomic mass is 19.1. The van der Waals surface area contributed by atoms with Gasteiger partial charge in [-0.1, -0.05) is 63.3 Å². The zero-order valence-electron chi connectivity index (χ0n) is 19.7. The van der Waals surface area contributed by atoms with Crippen molar-refractivity contribution in [2.24, 2.45) is 5.41 Å². The first-order valence-corrected chi connectivity index (χ1v) is 10.8. The molecular formula is C27H35FN2O2. The van der Waals surface area contributed by atoms with Crippen molar-refractivity contribution in [2.75, 3.05) is 25.5 Å². The quantitative estimate of drug-likeness (QED) is 0.443. The molecule has 32 heavy (non-hydrogen) atoms. The number of carbonyl (C=O) groups is 1. The van der Waals surface area contributed by atoms with Crippen LogP contribution < -0.4 is 5.32 Å². The van der Waals surface area contributed by atoms with Crippen LogP contribution in [0.3, 0.4) is 0 Å². The lowest BCUT2D eigenvalue weighted by atomic mass is 9.88. The summed E-state index contributed by atoms with van der Waals surface area (Å²) in [7, 11) is 1.64. The molecule has 0 fully saturated rings. The van der Waals surface area contributed by atoms with Crippen molar-refractivity contribution >= 4 is 11.6 Å². The van der Waals surface area contributed by atoms with Gasteiger partial charge in [0.15, 0.2) is 0 Å². The lowest BCUT2D eigenvalue weighted by Crippen LogP contribution is -2.37. The predicted molar refractivity (Wildman–Crippen MR) is 130 cm³/mol. The highest BCUT2D eigenvalue weighted by Crippen LogP contribution is 2.27. The van der Waals surface area contributed by atoms with Crippen LogP contribution in [0.5, 0.6) is 0 Å². The van der Waals surface area contributed by atoms with Crippen molar-refractivity contribution in [1.82, 2.24) is 4.90 Å². The maximum absolute atomic E-state index is 14.7. The highest BCUT2D eigenvalue weighted by molar-refractivity contribution is 5.95. The molecule has 2 rings (SSSR count). The summed E-state index contributed by atoms with van der Waals surface area (Å²) in [6, 6.07) is 12.0. The van der Waals surface area contributed by atoms with E-state index in [0.29, 0.717) is 37.4 Å². The number of ether oxygens (including phenoxy) is 1. The molecule has 0 spiro atoms. The predicted octanol–water partition coefficient (Wildman–Crippen LogP) is 5.91. The first-order valence-electron chi connectivity index (χ1n) is 10.8. The Hall–Kier alpha value is -2.76. The Balaban J connectivity index is 2.32. The summed E-state index contributed by atoms with van der Waals surface area (Å²) in [5.41, 5.74) is 2.90. The van der Waals surface area contributed by atoms with Gasteiger partial charge in [0.1, 0.15) is 11.9 Å². The molecule has 0 saturated carbocycles. The molecule has 0 aliphatic heterocycles. The molecule has 172 valence electrons. The van der Waals surface area contributed by atoms with Crippen molar-refractivity contribution in [3.8, 4) is 0 Å². The molecule has 4 nitrogen and oxygen atoms in total. The maximum Gasteiger partial charge on any atom is 0.246 e. The van der Waals surface area contributed by atoms with Crippen molar-refractivity contribution in [1.29, 1.82) is 0 Å². The van der Waals surface area contributed by atoms with E-state index in [0.717, 1.165) is 11.1 Å². The number of carbonyl (C=O) groups excluding carboxylic acids is 1. The van der Waals surface area contributed by atoms with Crippen LogP contribution in [0, 0.1) is 11.2 Å². The zero-order chi connectivity index (χ0) is 23.7. The molecule has 0 bridgehead atoms. The Bertz CT molecular complexity index is 906. The minimum atomic E-state index is -0.583. The maximum atomic E-state index is 14.7. The molecule has 2 aromatic rings. The average Bonchev–Trinajstić information content (AvgIpc) is 2.71. The Morgan fingerprint density at radius 3 is 2.25 bits per heavy atom. The number of nitrogens with one attached hydrogen (secondary N) is 1. The fourth-order valence-corrected chi connectivity index (χ4v) is 3.66. The topological polar surface area (TPSA) is 41.6 Å². The van der Waals surface area contributed by atoms with Crippen molar-refractivity contribution < 1.29 is 13.9 Å². The van der Waals surface area contributed by atoms with Gasteiger partial charge < -0.3 is 10.1 Å². The lowest BCUT2D eigenvalue weighted by Gasteiger charge is -2.29. The van der Waals surface area contributed by atoms with Gasteiger partial charge in [-0.25, -0.2) is 4.39 Å². The molecule has 1 atom stereocenters. The molecule has 0 heterocycles. The van der Waals surface area contributed by atoms with Gasteiger partial charge in [0.2, 0.25) is 5.91 Å². The van der Waals surface area contributed by atoms with Gasteiger partial charge in [-0.15, -0.1) is 13.2 Å². The number of nitrogens with zero attached hydrogens (tertiary/aromatic N) is 1. The van der Waals surface area contributed by atoms with Crippen LogP contribution >= 0.6 is 0 Å². The van der Waals surface area contributed by atoms with Crippen LogP contribution in [0.1, 0.15) is 43.5 Å². The number of hydrogen-bond acceptors (Lipinski definition) is 3. The minimum absolute atomic E-state index is 0.0262. The van der Waals surface area contributed by atoms with E-state index in [1.54, 1.807) is 31.4 Å².